The van der Waals surface area contributed by atoms with E-state index in [1.54, 1.807) is 7.11 Å². The van der Waals surface area contributed by atoms with E-state index in [9.17, 15) is 5.11 Å². The Labute approximate surface area is 127 Å². The van der Waals surface area contributed by atoms with Gasteiger partial charge in [-0.05, 0) is 26.2 Å². The van der Waals surface area contributed by atoms with Crippen molar-refractivity contribution in [1.29, 1.82) is 0 Å². The molecule has 2 unspecified atom stereocenters. The van der Waals surface area contributed by atoms with Crippen LogP contribution in [0.2, 0.25) is 0 Å². The highest BCUT2D eigenvalue weighted by atomic mass is 16.5. The highest BCUT2D eigenvalue weighted by Crippen LogP contribution is 2.40. The van der Waals surface area contributed by atoms with Gasteiger partial charge >= 0.3 is 0 Å². The monoisotopic (exact) mass is 290 g/mol. The van der Waals surface area contributed by atoms with Crippen molar-refractivity contribution in [3.05, 3.63) is 23.5 Å². The van der Waals surface area contributed by atoms with E-state index in [-0.39, 0.29) is 0 Å². The lowest BCUT2D eigenvalue weighted by molar-refractivity contribution is -0.0969. The number of aromatic nitrogens is 1. The molecule has 4 nitrogen and oxygen atoms in total. The van der Waals surface area contributed by atoms with Crippen molar-refractivity contribution in [2.75, 3.05) is 20.2 Å². The molecule has 3 rings (SSSR count). The van der Waals surface area contributed by atoms with Gasteiger partial charge in [0.15, 0.2) is 0 Å². The van der Waals surface area contributed by atoms with E-state index in [0.717, 1.165) is 56.0 Å². The Bertz CT molecular complexity index is 506. The van der Waals surface area contributed by atoms with Crippen LogP contribution in [0.5, 0.6) is 5.75 Å². The maximum absolute atomic E-state index is 10.7. The molecule has 116 valence electrons. The summed E-state index contributed by atoms with van der Waals surface area (Å²) in [6.45, 7) is 4.81. The molecule has 1 aliphatic carbocycles. The molecule has 1 N–H and O–H groups in total. The summed E-state index contributed by atoms with van der Waals surface area (Å²) in [5.41, 5.74) is 1.66. The molecule has 1 saturated carbocycles. The standard InChI is InChI=1S/C17H26N2O2/c1-13-9-16(21-2)10-15(18-13)12-19-8-7-17(20)6-4-3-5-14(17)11-19/h9-10,14,20H,3-8,11-12H2,1-2H3. The number of ether oxygens (including phenoxy) is 1. The smallest absolute Gasteiger partial charge is 0.122 e. The lowest BCUT2D eigenvalue weighted by Gasteiger charge is -2.47. The molecule has 1 saturated heterocycles. The summed E-state index contributed by atoms with van der Waals surface area (Å²) in [6.07, 6.45) is 5.50. The van der Waals surface area contributed by atoms with Crippen LogP contribution < -0.4 is 4.74 Å². The van der Waals surface area contributed by atoms with Crippen molar-refractivity contribution in [3.63, 3.8) is 0 Å². The van der Waals surface area contributed by atoms with Gasteiger partial charge in [-0.1, -0.05) is 12.8 Å². The number of fused-ring (bicyclic) bond motifs is 1. The van der Waals surface area contributed by atoms with Gasteiger partial charge in [0.05, 0.1) is 18.4 Å². The van der Waals surface area contributed by atoms with Crippen LogP contribution >= 0.6 is 0 Å². The average Bonchev–Trinajstić information content (AvgIpc) is 2.47. The SMILES string of the molecule is COc1cc(C)nc(CN2CCC3(O)CCCCC3C2)c1. The summed E-state index contributed by atoms with van der Waals surface area (Å²) in [4.78, 5) is 7.05. The molecule has 2 fully saturated rings. The molecule has 1 aliphatic heterocycles. The van der Waals surface area contributed by atoms with Crippen molar-refractivity contribution in [3.8, 4) is 5.75 Å². The summed E-state index contributed by atoms with van der Waals surface area (Å²) in [5, 5.41) is 10.7. The third-order valence-electron chi connectivity index (χ3n) is 5.11. The fourth-order valence-corrected chi connectivity index (χ4v) is 3.91. The van der Waals surface area contributed by atoms with Gasteiger partial charge in [0.1, 0.15) is 5.75 Å². The number of aliphatic hydroxyl groups is 1. The fourth-order valence-electron chi connectivity index (χ4n) is 3.91. The number of pyridine rings is 1. The molecule has 4 heteroatoms. The van der Waals surface area contributed by atoms with Crippen molar-refractivity contribution in [2.45, 2.75) is 51.2 Å². The van der Waals surface area contributed by atoms with Gasteiger partial charge in [-0.25, -0.2) is 0 Å². The molecular weight excluding hydrogens is 264 g/mol. The Morgan fingerprint density at radius 2 is 2.24 bits per heavy atom. The van der Waals surface area contributed by atoms with Crippen LogP contribution in [-0.2, 0) is 6.54 Å². The van der Waals surface area contributed by atoms with E-state index in [0.29, 0.717) is 5.92 Å². The number of hydrogen-bond acceptors (Lipinski definition) is 4. The molecule has 1 aromatic heterocycles. The van der Waals surface area contributed by atoms with Gasteiger partial charge in [-0.3, -0.25) is 9.88 Å². The molecule has 21 heavy (non-hydrogen) atoms. The van der Waals surface area contributed by atoms with E-state index in [1.165, 1.54) is 12.8 Å². The van der Waals surface area contributed by atoms with Crippen molar-refractivity contribution in [1.82, 2.24) is 9.88 Å². The predicted octanol–water partition coefficient (Wildman–Crippen LogP) is 2.53. The maximum atomic E-state index is 10.7. The summed E-state index contributed by atoms with van der Waals surface area (Å²) >= 11 is 0. The largest absolute Gasteiger partial charge is 0.497 e. The summed E-state index contributed by atoms with van der Waals surface area (Å²) < 4.78 is 5.33. The van der Waals surface area contributed by atoms with Crippen molar-refractivity contribution >= 4 is 0 Å². The number of likely N-dealkylation sites (tertiary alicyclic amines) is 1. The first-order valence-electron chi connectivity index (χ1n) is 8.05. The third kappa shape index (κ3) is 3.22. The first-order valence-corrected chi connectivity index (χ1v) is 8.05. The van der Waals surface area contributed by atoms with Gasteiger partial charge in [0.2, 0.25) is 0 Å². The molecular formula is C17H26N2O2. The van der Waals surface area contributed by atoms with Crippen LogP contribution in [0.15, 0.2) is 12.1 Å². The second-order valence-electron chi connectivity index (χ2n) is 6.67. The van der Waals surface area contributed by atoms with Gasteiger partial charge in [-0.15, -0.1) is 0 Å². The zero-order valence-electron chi connectivity index (χ0n) is 13.1. The maximum Gasteiger partial charge on any atom is 0.122 e. The molecule has 0 spiro atoms. The van der Waals surface area contributed by atoms with Crippen molar-refractivity contribution < 1.29 is 9.84 Å². The number of hydrogen-bond donors (Lipinski definition) is 1. The molecule has 0 bridgehead atoms. The molecule has 2 heterocycles. The minimum atomic E-state index is -0.396. The van der Waals surface area contributed by atoms with Gasteiger partial charge < -0.3 is 9.84 Å². The van der Waals surface area contributed by atoms with Crippen LogP contribution in [0.25, 0.3) is 0 Å². The van der Waals surface area contributed by atoms with E-state index in [2.05, 4.69) is 9.88 Å². The molecule has 1 aromatic rings. The fraction of sp³-hybridized carbons (Fsp3) is 0.706. The Balaban J connectivity index is 1.67. The molecule has 2 aliphatic rings. The second kappa shape index (κ2) is 5.93. The zero-order chi connectivity index (χ0) is 14.9. The Morgan fingerprint density at radius 1 is 1.38 bits per heavy atom. The van der Waals surface area contributed by atoms with Gasteiger partial charge in [0, 0.05) is 43.4 Å². The van der Waals surface area contributed by atoms with Crippen LogP contribution in [0.3, 0.4) is 0 Å². The highest BCUT2D eigenvalue weighted by molar-refractivity contribution is 5.26. The third-order valence-corrected chi connectivity index (χ3v) is 5.11. The van der Waals surface area contributed by atoms with E-state index in [1.807, 2.05) is 19.1 Å². The molecule has 2 atom stereocenters. The normalized spacial score (nSPS) is 30.0. The molecule has 0 radical (unpaired) electrons. The van der Waals surface area contributed by atoms with Crippen molar-refractivity contribution in [2.24, 2.45) is 5.92 Å². The quantitative estimate of drug-likeness (QED) is 0.929. The van der Waals surface area contributed by atoms with Crippen LogP contribution in [0, 0.1) is 12.8 Å². The highest BCUT2D eigenvalue weighted by Gasteiger charge is 2.42. The Hall–Kier alpha value is -1.13. The lowest BCUT2D eigenvalue weighted by atomic mass is 9.71. The first kappa shape index (κ1) is 14.8. The molecule has 0 aromatic carbocycles. The molecule has 0 amide bonds. The zero-order valence-corrected chi connectivity index (χ0v) is 13.1. The topological polar surface area (TPSA) is 45.6 Å². The van der Waals surface area contributed by atoms with Gasteiger partial charge in [0.25, 0.3) is 0 Å². The van der Waals surface area contributed by atoms with E-state index in [4.69, 9.17) is 4.74 Å². The number of aryl methyl sites for hydroxylation is 1. The lowest BCUT2D eigenvalue weighted by Crippen LogP contribution is -2.53. The predicted molar refractivity (Wildman–Crippen MR) is 82.3 cm³/mol. The number of nitrogens with zero attached hydrogens (tertiary/aromatic N) is 2. The van der Waals surface area contributed by atoms with E-state index < -0.39 is 5.60 Å². The number of methoxy groups -OCH3 is 1. The van der Waals surface area contributed by atoms with Gasteiger partial charge in [-0.2, -0.15) is 0 Å². The minimum Gasteiger partial charge on any atom is -0.497 e. The summed E-state index contributed by atoms with van der Waals surface area (Å²) in [6, 6.07) is 3.98. The number of rotatable bonds is 3. The Kier molecular flexibility index (Phi) is 4.18. The second-order valence-corrected chi connectivity index (χ2v) is 6.67. The minimum absolute atomic E-state index is 0.396. The first-order chi connectivity index (χ1) is 10.1. The van der Waals surface area contributed by atoms with Crippen LogP contribution in [0.4, 0.5) is 0 Å². The van der Waals surface area contributed by atoms with E-state index >= 15 is 0 Å². The van der Waals surface area contributed by atoms with Crippen LogP contribution in [-0.4, -0.2) is 40.8 Å². The average molecular weight is 290 g/mol. The summed E-state index contributed by atoms with van der Waals surface area (Å²) in [5.74, 6) is 1.32. The Morgan fingerprint density at radius 3 is 3.05 bits per heavy atom. The summed E-state index contributed by atoms with van der Waals surface area (Å²) in [7, 11) is 1.70. The van der Waals surface area contributed by atoms with Crippen LogP contribution in [0.1, 0.15) is 43.5 Å². The number of piperidine rings is 1.